The monoisotopic (exact) mass is 258 g/mol. The molecule has 0 aromatic heterocycles. The van der Waals surface area contributed by atoms with Gasteiger partial charge in [0.15, 0.2) is 0 Å². The first-order valence-corrected chi connectivity index (χ1v) is 6.39. The number of aliphatic carboxylic acids is 1. The molecule has 0 saturated heterocycles. The molecule has 1 aliphatic rings. The van der Waals surface area contributed by atoms with E-state index in [0.29, 0.717) is 19.6 Å². The third kappa shape index (κ3) is 4.91. The zero-order chi connectivity index (χ0) is 13.5. The van der Waals surface area contributed by atoms with Crippen molar-refractivity contribution in [1.82, 2.24) is 10.6 Å². The van der Waals surface area contributed by atoms with Crippen LogP contribution >= 0.6 is 0 Å². The van der Waals surface area contributed by atoms with Crippen LogP contribution < -0.4 is 10.6 Å². The molecule has 1 rings (SSSR count). The van der Waals surface area contributed by atoms with E-state index in [1.807, 2.05) is 13.8 Å². The van der Waals surface area contributed by atoms with E-state index >= 15 is 0 Å². The average Bonchev–Trinajstić information content (AvgIpc) is 2.72. The van der Waals surface area contributed by atoms with Crippen LogP contribution in [0.25, 0.3) is 0 Å². The van der Waals surface area contributed by atoms with Crippen LogP contribution in [0.4, 0.5) is 4.79 Å². The Balaban J connectivity index is 2.21. The van der Waals surface area contributed by atoms with E-state index < -0.39 is 11.9 Å². The molecule has 0 radical (unpaired) electrons. The Morgan fingerprint density at radius 2 is 2.11 bits per heavy atom. The molecule has 104 valence electrons. The number of rotatable bonds is 6. The molecule has 2 amide bonds. The molecule has 0 heterocycles. The number of amides is 2. The van der Waals surface area contributed by atoms with Crippen LogP contribution in [-0.4, -0.2) is 42.4 Å². The van der Waals surface area contributed by atoms with Crippen molar-refractivity contribution in [3.05, 3.63) is 0 Å². The van der Waals surface area contributed by atoms with Gasteiger partial charge in [-0.15, -0.1) is 0 Å². The summed E-state index contributed by atoms with van der Waals surface area (Å²) in [5, 5.41) is 14.3. The van der Waals surface area contributed by atoms with Crippen LogP contribution in [0.2, 0.25) is 0 Å². The Hall–Kier alpha value is -1.30. The van der Waals surface area contributed by atoms with Gasteiger partial charge >= 0.3 is 12.0 Å². The quantitative estimate of drug-likeness (QED) is 0.619. The van der Waals surface area contributed by atoms with E-state index in [0.717, 1.165) is 12.8 Å². The third-order valence-corrected chi connectivity index (χ3v) is 2.99. The first-order chi connectivity index (χ1) is 8.50. The first kappa shape index (κ1) is 14.8. The Labute approximate surface area is 107 Å². The molecule has 0 aromatic rings. The van der Waals surface area contributed by atoms with Crippen molar-refractivity contribution in [1.29, 1.82) is 0 Å². The topological polar surface area (TPSA) is 87.7 Å². The summed E-state index contributed by atoms with van der Waals surface area (Å²) in [5.74, 6) is -1.29. The van der Waals surface area contributed by atoms with Crippen molar-refractivity contribution in [3.8, 4) is 0 Å². The fourth-order valence-corrected chi connectivity index (χ4v) is 2.11. The minimum absolute atomic E-state index is 0.140. The van der Waals surface area contributed by atoms with E-state index in [9.17, 15) is 9.59 Å². The number of carbonyl (C=O) groups is 2. The second-order valence-corrected chi connectivity index (χ2v) is 4.80. The summed E-state index contributed by atoms with van der Waals surface area (Å²) in [6, 6.07) is -0.575. The highest BCUT2D eigenvalue weighted by molar-refractivity contribution is 5.76. The number of carbonyl (C=O) groups excluding carboxylic acids is 1. The smallest absolute Gasteiger partial charge is 0.315 e. The summed E-state index contributed by atoms with van der Waals surface area (Å²) in [4.78, 5) is 22.5. The summed E-state index contributed by atoms with van der Waals surface area (Å²) in [6.07, 6.45) is 2.35. The van der Waals surface area contributed by atoms with E-state index in [2.05, 4.69) is 10.6 Å². The van der Waals surface area contributed by atoms with Gasteiger partial charge < -0.3 is 20.5 Å². The Bertz CT molecular complexity index is 294. The van der Waals surface area contributed by atoms with Gasteiger partial charge in [0.25, 0.3) is 0 Å². The van der Waals surface area contributed by atoms with Crippen molar-refractivity contribution in [3.63, 3.8) is 0 Å². The van der Waals surface area contributed by atoms with Gasteiger partial charge in [-0.3, -0.25) is 4.79 Å². The second kappa shape index (κ2) is 7.20. The summed E-state index contributed by atoms with van der Waals surface area (Å²) in [5.41, 5.74) is 0. The molecule has 18 heavy (non-hydrogen) atoms. The van der Waals surface area contributed by atoms with Crippen molar-refractivity contribution in [2.24, 2.45) is 5.92 Å². The second-order valence-electron chi connectivity index (χ2n) is 4.80. The van der Waals surface area contributed by atoms with E-state index in [1.165, 1.54) is 0 Å². The molecule has 0 spiro atoms. The molecule has 1 aliphatic carbocycles. The molecule has 6 heteroatoms. The van der Waals surface area contributed by atoms with Gasteiger partial charge in [-0.1, -0.05) is 6.42 Å². The van der Waals surface area contributed by atoms with Gasteiger partial charge in [-0.25, -0.2) is 4.79 Å². The fourth-order valence-electron chi connectivity index (χ4n) is 2.11. The Kier molecular flexibility index (Phi) is 5.91. The summed E-state index contributed by atoms with van der Waals surface area (Å²) in [6.45, 7) is 4.73. The summed E-state index contributed by atoms with van der Waals surface area (Å²) < 4.78 is 5.28. The third-order valence-electron chi connectivity index (χ3n) is 2.99. The molecule has 0 aliphatic heterocycles. The van der Waals surface area contributed by atoms with Crippen LogP contribution in [0.3, 0.4) is 0 Å². The van der Waals surface area contributed by atoms with Gasteiger partial charge in [0.2, 0.25) is 0 Å². The first-order valence-electron chi connectivity index (χ1n) is 6.39. The zero-order valence-corrected chi connectivity index (χ0v) is 10.9. The molecule has 6 nitrogen and oxygen atoms in total. The maximum absolute atomic E-state index is 11.5. The van der Waals surface area contributed by atoms with Gasteiger partial charge in [0.1, 0.15) is 0 Å². The lowest BCUT2D eigenvalue weighted by molar-refractivity contribution is -0.142. The summed E-state index contributed by atoms with van der Waals surface area (Å²) in [7, 11) is 0. The highest BCUT2D eigenvalue weighted by Crippen LogP contribution is 2.25. The van der Waals surface area contributed by atoms with E-state index in [1.54, 1.807) is 0 Å². The van der Waals surface area contributed by atoms with Crippen molar-refractivity contribution >= 4 is 12.0 Å². The van der Waals surface area contributed by atoms with E-state index in [4.69, 9.17) is 9.84 Å². The molecule has 2 unspecified atom stereocenters. The number of hydrogen-bond donors (Lipinski definition) is 3. The number of carboxylic acids is 1. The molecular weight excluding hydrogens is 236 g/mol. The van der Waals surface area contributed by atoms with Crippen molar-refractivity contribution < 1.29 is 19.4 Å². The number of hydrogen-bond acceptors (Lipinski definition) is 3. The van der Waals surface area contributed by atoms with Crippen LogP contribution in [-0.2, 0) is 9.53 Å². The zero-order valence-electron chi connectivity index (χ0n) is 10.9. The van der Waals surface area contributed by atoms with Crippen molar-refractivity contribution in [2.45, 2.75) is 45.3 Å². The largest absolute Gasteiger partial charge is 0.481 e. The Morgan fingerprint density at radius 3 is 2.72 bits per heavy atom. The minimum atomic E-state index is -0.832. The van der Waals surface area contributed by atoms with Crippen molar-refractivity contribution in [2.75, 3.05) is 13.2 Å². The van der Waals surface area contributed by atoms with Gasteiger partial charge in [0, 0.05) is 12.6 Å². The van der Waals surface area contributed by atoms with Crippen LogP contribution in [0.15, 0.2) is 0 Å². The van der Waals surface area contributed by atoms with Crippen LogP contribution in [0.1, 0.15) is 33.1 Å². The molecule has 0 bridgehead atoms. The molecule has 1 saturated carbocycles. The molecular formula is C12H22N2O4. The fraction of sp³-hybridized carbons (Fsp3) is 0.833. The average molecular weight is 258 g/mol. The highest BCUT2D eigenvalue weighted by Gasteiger charge is 2.33. The highest BCUT2D eigenvalue weighted by atomic mass is 16.5. The van der Waals surface area contributed by atoms with Crippen LogP contribution in [0.5, 0.6) is 0 Å². The number of ether oxygens (including phenoxy) is 1. The maximum Gasteiger partial charge on any atom is 0.315 e. The molecule has 0 aromatic carbocycles. The van der Waals surface area contributed by atoms with Crippen LogP contribution in [0, 0.1) is 5.92 Å². The lowest BCUT2D eigenvalue weighted by Gasteiger charge is -2.18. The molecule has 2 atom stereocenters. The Morgan fingerprint density at radius 1 is 1.39 bits per heavy atom. The SMILES string of the molecule is CC(C)OCCNC(=O)NC1CCCC1C(=O)O. The maximum atomic E-state index is 11.5. The number of carboxylic acid groups (broad SMARTS) is 1. The predicted octanol–water partition coefficient (Wildman–Crippen LogP) is 0.964. The van der Waals surface area contributed by atoms with Gasteiger partial charge in [-0.05, 0) is 26.7 Å². The number of nitrogens with one attached hydrogen (secondary N) is 2. The minimum Gasteiger partial charge on any atom is -0.481 e. The predicted molar refractivity (Wildman–Crippen MR) is 66.4 cm³/mol. The standard InChI is InChI=1S/C12H22N2O4/c1-8(2)18-7-6-13-12(17)14-10-5-3-4-9(10)11(15)16/h8-10H,3-7H2,1-2H3,(H,15,16)(H2,13,14,17). The summed E-state index contributed by atoms with van der Waals surface area (Å²) >= 11 is 0. The number of urea groups is 1. The van der Waals surface area contributed by atoms with Gasteiger partial charge in [-0.2, -0.15) is 0 Å². The van der Waals surface area contributed by atoms with E-state index in [-0.39, 0.29) is 18.2 Å². The lowest BCUT2D eigenvalue weighted by Crippen LogP contribution is -2.46. The normalized spacial score (nSPS) is 23.1. The lowest BCUT2D eigenvalue weighted by atomic mass is 10.0. The van der Waals surface area contributed by atoms with Gasteiger partial charge in [0.05, 0.1) is 18.6 Å². The molecule has 3 N–H and O–H groups in total. The molecule has 1 fully saturated rings.